The van der Waals surface area contributed by atoms with Crippen molar-refractivity contribution in [3.05, 3.63) is 35.4 Å². The average Bonchev–Trinajstić information content (AvgIpc) is 2.28. The van der Waals surface area contributed by atoms with Crippen molar-refractivity contribution in [1.82, 2.24) is 0 Å². The van der Waals surface area contributed by atoms with Gasteiger partial charge in [0.05, 0.1) is 11.4 Å². The van der Waals surface area contributed by atoms with Crippen LogP contribution in [-0.4, -0.2) is 18.5 Å². The molecule has 0 radical (unpaired) electrons. The Labute approximate surface area is 108 Å². The van der Waals surface area contributed by atoms with Crippen molar-refractivity contribution in [3.63, 3.8) is 0 Å². The van der Waals surface area contributed by atoms with Crippen LogP contribution in [0.2, 0.25) is 0 Å². The highest BCUT2D eigenvalue weighted by Crippen LogP contribution is 2.34. The Hall–Kier alpha value is -1.77. The second kappa shape index (κ2) is 4.48. The molecule has 0 bridgehead atoms. The standard InChI is InChI=1S/C15H20N2O/c1-9(2)8-17-14-7-11(4)10(3)6-13(14)16-12(5)15(17)18/h6-7,12,16H,1,8H2,2-5H3. The summed E-state index contributed by atoms with van der Waals surface area (Å²) in [4.78, 5) is 14.1. The van der Waals surface area contributed by atoms with Crippen molar-refractivity contribution in [3.8, 4) is 0 Å². The van der Waals surface area contributed by atoms with Crippen LogP contribution < -0.4 is 10.2 Å². The van der Waals surface area contributed by atoms with Crippen molar-refractivity contribution >= 4 is 17.3 Å². The molecular weight excluding hydrogens is 224 g/mol. The lowest BCUT2D eigenvalue weighted by molar-refractivity contribution is -0.119. The minimum atomic E-state index is -0.182. The summed E-state index contributed by atoms with van der Waals surface area (Å²) in [7, 11) is 0. The zero-order chi connectivity index (χ0) is 13.4. The molecule has 1 unspecified atom stereocenters. The van der Waals surface area contributed by atoms with Crippen LogP contribution in [0.3, 0.4) is 0 Å². The fourth-order valence-corrected chi connectivity index (χ4v) is 2.22. The summed E-state index contributed by atoms with van der Waals surface area (Å²) in [5, 5.41) is 3.26. The number of anilines is 2. The smallest absolute Gasteiger partial charge is 0.249 e. The van der Waals surface area contributed by atoms with Gasteiger partial charge >= 0.3 is 0 Å². The predicted molar refractivity (Wildman–Crippen MR) is 76.2 cm³/mol. The highest BCUT2D eigenvalue weighted by molar-refractivity contribution is 6.05. The van der Waals surface area contributed by atoms with E-state index < -0.39 is 0 Å². The molecule has 1 aromatic carbocycles. The molecule has 1 atom stereocenters. The molecule has 0 saturated heterocycles. The summed E-state index contributed by atoms with van der Waals surface area (Å²) >= 11 is 0. The summed E-state index contributed by atoms with van der Waals surface area (Å²) in [6.07, 6.45) is 0. The summed E-state index contributed by atoms with van der Waals surface area (Å²) in [6, 6.07) is 4.00. The minimum Gasteiger partial charge on any atom is -0.372 e. The molecule has 3 heteroatoms. The predicted octanol–water partition coefficient (Wildman–Crippen LogP) is 3.03. The van der Waals surface area contributed by atoms with Crippen molar-refractivity contribution in [2.24, 2.45) is 0 Å². The van der Waals surface area contributed by atoms with E-state index in [1.807, 2.05) is 18.7 Å². The molecule has 18 heavy (non-hydrogen) atoms. The van der Waals surface area contributed by atoms with Crippen LogP contribution in [0.25, 0.3) is 0 Å². The number of carbonyl (C=O) groups is 1. The van der Waals surface area contributed by atoms with Gasteiger partial charge in [0.2, 0.25) is 5.91 Å². The van der Waals surface area contributed by atoms with Crippen molar-refractivity contribution in [2.45, 2.75) is 33.7 Å². The number of hydrogen-bond donors (Lipinski definition) is 1. The van der Waals surface area contributed by atoms with Crippen LogP contribution in [0.1, 0.15) is 25.0 Å². The number of amides is 1. The third-order valence-electron chi connectivity index (χ3n) is 3.34. The van der Waals surface area contributed by atoms with E-state index in [4.69, 9.17) is 0 Å². The normalized spacial score (nSPS) is 18.3. The average molecular weight is 244 g/mol. The maximum absolute atomic E-state index is 12.2. The number of aryl methyl sites for hydroxylation is 2. The summed E-state index contributed by atoms with van der Waals surface area (Å²) in [5.41, 5.74) is 5.42. The van der Waals surface area contributed by atoms with Gasteiger partial charge in [0.15, 0.2) is 0 Å². The van der Waals surface area contributed by atoms with Crippen LogP contribution in [0.15, 0.2) is 24.3 Å². The molecule has 0 fully saturated rings. The van der Waals surface area contributed by atoms with E-state index in [0.717, 1.165) is 16.9 Å². The van der Waals surface area contributed by atoms with E-state index >= 15 is 0 Å². The lowest BCUT2D eigenvalue weighted by Crippen LogP contribution is -2.46. The summed E-state index contributed by atoms with van der Waals surface area (Å²) in [6.45, 7) is 12.5. The second-order valence-corrected chi connectivity index (χ2v) is 5.20. The van der Waals surface area contributed by atoms with E-state index in [1.54, 1.807) is 0 Å². The third kappa shape index (κ3) is 2.13. The molecule has 3 nitrogen and oxygen atoms in total. The number of carbonyl (C=O) groups excluding carboxylic acids is 1. The zero-order valence-electron chi connectivity index (χ0n) is 11.5. The Bertz CT molecular complexity index is 519. The van der Waals surface area contributed by atoms with Gasteiger partial charge in [0.25, 0.3) is 0 Å². The summed E-state index contributed by atoms with van der Waals surface area (Å²) in [5.74, 6) is 0.105. The lowest BCUT2D eigenvalue weighted by atomic mass is 10.0. The molecule has 2 rings (SSSR count). The molecular formula is C15H20N2O. The summed E-state index contributed by atoms with van der Waals surface area (Å²) < 4.78 is 0. The van der Waals surface area contributed by atoms with Gasteiger partial charge in [-0.3, -0.25) is 4.79 Å². The van der Waals surface area contributed by atoms with Crippen LogP contribution in [0.4, 0.5) is 11.4 Å². The topological polar surface area (TPSA) is 32.3 Å². The SMILES string of the molecule is C=C(C)CN1C(=O)C(C)Nc2cc(C)c(C)cc21. The number of fused-ring (bicyclic) bond motifs is 1. The Kier molecular flexibility index (Phi) is 3.16. The highest BCUT2D eigenvalue weighted by Gasteiger charge is 2.29. The largest absolute Gasteiger partial charge is 0.372 e. The third-order valence-corrected chi connectivity index (χ3v) is 3.34. The molecule has 1 aliphatic rings. The van der Waals surface area contributed by atoms with Crippen molar-refractivity contribution in [2.75, 3.05) is 16.8 Å². The molecule has 0 aromatic heterocycles. The Morgan fingerprint density at radius 3 is 2.61 bits per heavy atom. The van der Waals surface area contributed by atoms with Gasteiger partial charge in [-0.05, 0) is 51.0 Å². The van der Waals surface area contributed by atoms with E-state index in [2.05, 4.69) is 37.9 Å². The van der Waals surface area contributed by atoms with Crippen LogP contribution in [0.5, 0.6) is 0 Å². The first-order valence-electron chi connectivity index (χ1n) is 6.23. The van der Waals surface area contributed by atoms with Crippen LogP contribution in [-0.2, 0) is 4.79 Å². The number of benzene rings is 1. The van der Waals surface area contributed by atoms with E-state index in [-0.39, 0.29) is 11.9 Å². The van der Waals surface area contributed by atoms with Gasteiger partial charge in [-0.25, -0.2) is 0 Å². The van der Waals surface area contributed by atoms with Crippen molar-refractivity contribution in [1.29, 1.82) is 0 Å². The first-order valence-corrected chi connectivity index (χ1v) is 6.23. The number of nitrogens with zero attached hydrogens (tertiary/aromatic N) is 1. The van der Waals surface area contributed by atoms with Crippen LogP contribution in [0, 0.1) is 13.8 Å². The lowest BCUT2D eigenvalue weighted by Gasteiger charge is -2.34. The first-order chi connectivity index (χ1) is 8.40. The van der Waals surface area contributed by atoms with Gasteiger partial charge in [-0.2, -0.15) is 0 Å². The van der Waals surface area contributed by atoms with Gasteiger partial charge in [-0.15, -0.1) is 0 Å². The Balaban J connectivity index is 2.51. The maximum Gasteiger partial charge on any atom is 0.249 e. The number of hydrogen-bond acceptors (Lipinski definition) is 2. The molecule has 0 saturated carbocycles. The van der Waals surface area contributed by atoms with Crippen LogP contribution >= 0.6 is 0 Å². The zero-order valence-corrected chi connectivity index (χ0v) is 11.5. The van der Waals surface area contributed by atoms with Gasteiger partial charge in [0, 0.05) is 6.54 Å². The highest BCUT2D eigenvalue weighted by atomic mass is 16.2. The molecule has 0 aliphatic carbocycles. The molecule has 1 amide bonds. The molecule has 1 aliphatic heterocycles. The van der Waals surface area contributed by atoms with E-state index in [1.165, 1.54) is 11.1 Å². The first kappa shape index (κ1) is 12.7. The molecule has 96 valence electrons. The number of rotatable bonds is 2. The Morgan fingerprint density at radius 1 is 1.39 bits per heavy atom. The molecule has 1 N–H and O–H groups in total. The molecule has 1 heterocycles. The monoisotopic (exact) mass is 244 g/mol. The van der Waals surface area contributed by atoms with Gasteiger partial charge < -0.3 is 10.2 Å². The number of nitrogens with one attached hydrogen (secondary N) is 1. The molecule has 0 spiro atoms. The molecule has 1 aromatic rings. The van der Waals surface area contributed by atoms with Gasteiger partial charge in [-0.1, -0.05) is 12.2 Å². The maximum atomic E-state index is 12.2. The second-order valence-electron chi connectivity index (χ2n) is 5.20. The van der Waals surface area contributed by atoms with Gasteiger partial charge in [0.1, 0.15) is 6.04 Å². The fraction of sp³-hybridized carbons (Fsp3) is 0.400. The minimum absolute atomic E-state index is 0.105. The Morgan fingerprint density at radius 2 is 2.00 bits per heavy atom. The van der Waals surface area contributed by atoms with Crippen molar-refractivity contribution < 1.29 is 4.79 Å². The van der Waals surface area contributed by atoms with E-state index in [9.17, 15) is 4.79 Å². The quantitative estimate of drug-likeness (QED) is 0.811. The van der Waals surface area contributed by atoms with E-state index in [0.29, 0.717) is 6.54 Å². The fourth-order valence-electron chi connectivity index (χ4n) is 2.22.